The molecule has 0 radical (unpaired) electrons. The van der Waals surface area contributed by atoms with Crippen molar-refractivity contribution in [2.45, 2.75) is 113 Å². The average molecular weight is 880 g/mol. The number of piperidine rings is 2. The summed E-state index contributed by atoms with van der Waals surface area (Å²) in [5, 5.41) is 11.6. The van der Waals surface area contributed by atoms with Crippen LogP contribution in [-0.2, 0) is 47.7 Å². The second-order valence-corrected chi connectivity index (χ2v) is 19.9. The number of alkyl halides is 6. The van der Waals surface area contributed by atoms with Gasteiger partial charge in [-0.05, 0) is 73.8 Å². The third-order valence-corrected chi connectivity index (χ3v) is 7.74. The molecule has 53 heavy (non-hydrogen) atoms. The first kappa shape index (κ1) is 51.5. The summed E-state index contributed by atoms with van der Waals surface area (Å²) in [5.41, 5.74) is -1.14. The first-order chi connectivity index (χ1) is 24.0. The van der Waals surface area contributed by atoms with Gasteiger partial charge in [0.1, 0.15) is 24.4 Å². The van der Waals surface area contributed by atoms with E-state index in [0.717, 1.165) is 19.4 Å². The van der Waals surface area contributed by atoms with Crippen molar-refractivity contribution >= 4 is 105 Å². The first-order valence-electron chi connectivity index (χ1n) is 17.1. The summed E-state index contributed by atoms with van der Waals surface area (Å²) in [5.74, 6) is -4.62. The second-order valence-electron chi connectivity index (χ2n) is 14.8. The maximum absolute atomic E-state index is 12.6. The Morgan fingerprint density at radius 1 is 0.717 bits per heavy atom. The number of carbonyl (C=O) groups is 6. The highest BCUT2D eigenvalue weighted by Gasteiger charge is 2.34. The first-order valence-corrected chi connectivity index (χ1v) is 19.4. The van der Waals surface area contributed by atoms with Gasteiger partial charge in [0.25, 0.3) is 0 Å². The van der Waals surface area contributed by atoms with E-state index in [-0.39, 0.29) is 50.4 Å². The highest BCUT2D eigenvalue weighted by atomic mass is 35.6. The van der Waals surface area contributed by atoms with Crippen LogP contribution in [0.3, 0.4) is 0 Å². The summed E-state index contributed by atoms with van der Waals surface area (Å²) in [7, 11) is 0. The third-order valence-electron chi connectivity index (χ3n) is 7.08. The van der Waals surface area contributed by atoms with E-state index in [9.17, 15) is 28.8 Å². The van der Waals surface area contributed by atoms with Crippen molar-refractivity contribution in [3.63, 3.8) is 0 Å². The number of aliphatic carboxylic acids is 1. The Balaban J connectivity index is 0.000000843. The molecule has 0 spiro atoms. The van der Waals surface area contributed by atoms with Crippen molar-refractivity contribution in [3.8, 4) is 0 Å². The number of hydrogen-bond donors (Lipinski definition) is 2. The van der Waals surface area contributed by atoms with Gasteiger partial charge in [-0.15, -0.1) is 0 Å². The van der Waals surface area contributed by atoms with Gasteiger partial charge in [0, 0.05) is 25.6 Å². The van der Waals surface area contributed by atoms with Crippen LogP contribution in [0.4, 0.5) is 0 Å². The smallest absolute Gasteiger partial charge is 0.310 e. The topological polar surface area (TPSA) is 175 Å². The molecule has 4 atom stereocenters. The number of carboxylic acids is 1. The van der Waals surface area contributed by atoms with Gasteiger partial charge in [-0.1, -0.05) is 83.5 Å². The van der Waals surface area contributed by atoms with E-state index in [1.54, 1.807) is 53.4 Å². The number of carboxylic acid groups (broad SMARTS) is 1. The number of halogens is 6. The second kappa shape index (κ2) is 23.6. The molecule has 0 aromatic rings. The van der Waals surface area contributed by atoms with E-state index >= 15 is 0 Å². The van der Waals surface area contributed by atoms with Crippen molar-refractivity contribution in [1.82, 2.24) is 10.2 Å². The Hall–Kier alpha value is -1.48. The van der Waals surface area contributed by atoms with Gasteiger partial charge in [-0.3, -0.25) is 28.8 Å². The zero-order chi connectivity index (χ0) is 41.4. The number of hydrogen-bond acceptors (Lipinski definition) is 11. The number of carbonyl (C=O) groups excluding carboxylic acids is 5. The summed E-state index contributed by atoms with van der Waals surface area (Å²) >= 11 is 33.1. The molecule has 308 valence electrons. The van der Waals surface area contributed by atoms with Crippen LogP contribution in [-0.4, -0.2) is 104 Å². The molecule has 2 rings (SSSR count). The molecule has 2 aliphatic heterocycles. The quantitative estimate of drug-likeness (QED) is 0.133. The van der Waals surface area contributed by atoms with E-state index in [0.29, 0.717) is 25.9 Å². The molecule has 0 aromatic heterocycles. The fraction of sp³-hybridized carbons (Fsp3) is 0.824. The molecular weight excluding hydrogens is 825 g/mol. The van der Waals surface area contributed by atoms with Gasteiger partial charge in [-0.25, -0.2) is 0 Å². The molecule has 0 saturated carbocycles. The Morgan fingerprint density at radius 2 is 1.15 bits per heavy atom. The van der Waals surface area contributed by atoms with Crippen molar-refractivity contribution in [2.24, 2.45) is 23.7 Å². The predicted octanol–water partition coefficient (Wildman–Crippen LogP) is 6.84. The third kappa shape index (κ3) is 26.9. The summed E-state index contributed by atoms with van der Waals surface area (Å²) in [6.45, 7) is 15.6. The summed E-state index contributed by atoms with van der Waals surface area (Å²) < 4.78 is 16.9. The van der Waals surface area contributed by atoms with Crippen LogP contribution in [0.5, 0.6) is 0 Å². The molecule has 13 nitrogen and oxygen atoms in total. The lowest BCUT2D eigenvalue weighted by molar-refractivity contribution is -0.159. The zero-order valence-corrected chi connectivity index (χ0v) is 36.1. The minimum atomic E-state index is -1.66. The molecule has 1 amide bonds. The van der Waals surface area contributed by atoms with Crippen LogP contribution in [0.15, 0.2) is 0 Å². The molecule has 0 aromatic carbocycles. The lowest BCUT2D eigenvalue weighted by atomic mass is 9.96. The Bertz CT molecular complexity index is 1210. The van der Waals surface area contributed by atoms with Crippen LogP contribution in [0.25, 0.3) is 0 Å². The van der Waals surface area contributed by atoms with Crippen molar-refractivity contribution in [1.29, 1.82) is 0 Å². The SMILES string of the molecule is C[C@H](CC(=O)OC(C)(C)C)C(=O)N1CCC[C@@H](C(=O)OCC(Cl)(Cl)Cl)C1.C[C@H](CC(=O)OC(C)(C)C)C(=O)O.O=C(OCC(Cl)(Cl)Cl)[C@@H]1CCCNC1. The van der Waals surface area contributed by atoms with Gasteiger partial charge in [-0.2, -0.15) is 0 Å². The largest absolute Gasteiger partial charge is 0.481 e. The monoisotopic (exact) mass is 876 g/mol. The normalized spacial score (nSPS) is 19.1. The van der Waals surface area contributed by atoms with Crippen LogP contribution < -0.4 is 5.32 Å². The number of rotatable bonds is 10. The van der Waals surface area contributed by atoms with Crippen LogP contribution >= 0.6 is 69.6 Å². The van der Waals surface area contributed by atoms with Crippen LogP contribution in [0.2, 0.25) is 0 Å². The van der Waals surface area contributed by atoms with Gasteiger partial charge in [0.15, 0.2) is 0 Å². The molecule has 2 N–H and O–H groups in total. The number of amides is 1. The van der Waals surface area contributed by atoms with Crippen molar-refractivity contribution in [3.05, 3.63) is 0 Å². The summed E-state index contributed by atoms with van der Waals surface area (Å²) in [6, 6.07) is 0. The van der Waals surface area contributed by atoms with Gasteiger partial charge in [0.2, 0.25) is 13.5 Å². The number of likely N-dealkylation sites (tertiary alicyclic amines) is 1. The predicted molar refractivity (Wildman–Crippen MR) is 204 cm³/mol. The number of ether oxygens (including phenoxy) is 4. The minimum Gasteiger partial charge on any atom is -0.481 e. The molecule has 0 aliphatic carbocycles. The number of nitrogens with one attached hydrogen (secondary N) is 1. The van der Waals surface area contributed by atoms with Crippen LogP contribution in [0, 0.1) is 23.7 Å². The van der Waals surface area contributed by atoms with E-state index in [1.807, 2.05) is 0 Å². The van der Waals surface area contributed by atoms with Gasteiger partial charge < -0.3 is 34.3 Å². The van der Waals surface area contributed by atoms with E-state index in [1.165, 1.54) is 6.92 Å². The molecule has 2 heterocycles. The highest BCUT2D eigenvalue weighted by Crippen LogP contribution is 2.28. The summed E-state index contributed by atoms with van der Waals surface area (Å²) in [6.07, 6.45) is 3.00. The maximum Gasteiger partial charge on any atom is 0.310 e. The number of esters is 4. The Kier molecular flexibility index (Phi) is 22.9. The Labute approximate surface area is 342 Å². The standard InChI is InChI=1S/C17H26Cl3NO5.C9H16O4.C8H12Cl3NO2/c1-11(8-13(22)26-16(2,3)4)14(23)21-7-5-6-12(9-21)15(24)25-10-17(18,19)20;1-6(8(11)12)5-7(10)13-9(2,3)4;9-8(10,11)5-14-7(13)6-2-1-3-12-4-6/h11-12H,5-10H2,1-4H3;6H,5H2,1-4H3,(H,11,12);6,12H,1-5H2/t11-,12-;2*6-/m111/s1. The van der Waals surface area contributed by atoms with E-state index in [4.69, 9.17) is 93.7 Å². The lowest BCUT2D eigenvalue weighted by Crippen LogP contribution is -2.45. The van der Waals surface area contributed by atoms with Crippen molar-refractivity contribution in [2.75, 3.05) is 39.4 Å². The lowest BCUT2D eigenvalue weighted by Gasteiger charge is -2.33. The highest BCUT2D eigenvalue weighted by molar-refractivity contribution is 6.68. The molecule has 2 aliphatic rings. The zero-order valence-electron chi connectivity index (χ0n) is 31.5. The summed E-state index contributed by atoms with van der Waals surface area (Å²) in [4.78, 5) is 71.1. The minimum absolute atomic E-state index is 0.00498. The molecule has 2 saturated heterocycles. The molecular formula is C34H54Cl6N2O11. The Morgan fingerprint density at radius 3 is 1.55 bits per heavy atom. The average Bonchev–Trinajstić information content (AvgIpc) is 3.00. The van der Waals surface area contributed by atoms with Gasteiger partial charge >= 0.3 is 29.8 Å². The van der Waals surface area contributed by atoms with Crippen molar-refractivity contribution < 1.29 is 52.8 Å². The van der Waals surface area contributed by atoms with E-state index < -0.39 is 60.4 Å². The van der Waals surface area contributed by atoms with Crippen LogP contribution in [0.1, 0.15) is 93.9 Å². The number of nitrogens with zero attached hydrogens (tertiary/aromatic N) is 1. The van der Waals surface area contributed by atoms with Gasteiger partial charge in [0.05, 0.1) is 30.6 Å². The molecule has 2 fully saturated rings. The molecule has 0 bridgehead atoms. The fourth-order valence-corrected chi connectivity index (χ4v) is 5.04. The molecule has 19 heteroatoms. The fourth-order valence-electron chi connectivity index (χ4n) is 4.72. The molecule has 0 unspecified atom stereocenters. The van der Waals surface area contributed by atoms with E-state index in [2.05, 4.69) is 5.32 Å². The maximum atomic E-state index is 12.6.